The minimum absolute atomic E-state index is 0.00981. The highest BCUT2D eigenvalue weighted by molar-refractivity contribution is 5.87. The topological polar surface area (TPSA) is 58.8 Å². The summed E-state index contributed by atoms with van der Waals surface area (Å²) in [4.78, 5) is 15.4. The zero-order valence-electron chi connectivity index (χ0n) is 11.3. The van der Waals surface area contributed by atoms with Gasteiger partial charge in [0.15, 0.2) is 0 Å². The number of nitrogens with zero attached hydrogens (tertiary/aromatic N) is 2. The summed E-state index contributed by atoms with van der Waals surface area (Å²) in [6, 6.07) is 0. The maximum atomic E-state index is 11.6. The van der Waals surface area contributed by atoms with Crippen molar-refractivity contribution < 1.29 is 9.53 Å². The van der Waals surface area contributed by atoms with E-state index in [0.29, 0.717) is 13.2 Å². The Morgan fingerprint density at radius 1 is 1.47 bits per heavy atom. The lowest BCUT2D eigenvalue weighted by Crippen LogP contribution is -2.56. The molecule has 17 heavy (non-hydrogen) atoms. The number of amides is 1. The van der Waals surface area contributed by atoms with Crippen LogP contribution in [0.1, 0.15) is 13.8 Å². The molecule has 1 aliphatic heterocycles. The van der Waals surface area contributed by atoms with Gasteiger partial charge >= 0.3 is 0 Å². The standard InChI is InChI=1S/C10H19N3O2.C2H6/c1-12-5-6-13(8-9(12)11)10(14)4-3-7-15-2;1-2/h3-4,9H,5-8,11H2,1-2H3;1-2H3/b4-3+;. The summed E-state index contributed by atoms with van der Waals surface area (Å²) in [5, 5.41) is 0. The van der Waals surface area contributed by atoms with Crippen molar-refractivity contribution in [1.82, 2.24) is 9.80 Å². The molecule has 1 unspecified atom stereocenters. The Kier molecular flexibility index (Phi) is 8.66. The average Bonchev–Trinajstić information content (AvgIpc) is 2.35. The van der Waals surface area contributed by atoms with Crippen LogP contribution in [0.4, 0.5) is 0 Å². The number of rotatable bonds is 3. The van der Waals surface area contributed by atoms with Crippen LogP contribution in [0.3, 0.4) is 0 Å². The van der Waals surface area contributed by atoms with Gasteiger partial charge in [0.1, 0.15) is 0 Å². The molecule has 5 nitrogen and oxygen atoms in total. The molecule has 100 valence electrons. The van der Waals surface area contributed by atoms with Gasteiger partial charge in [-0.2, -0.15) is 0 Å². The highest BCUT2D eigenvalue weighted by Gasteiger charge is 2.22. The van der Waals surface area contributed by atoms with Crippen molar-refractivity contribution in [1.29, 1.82) is 0 Å². The third kappa shape index (κ3) is 5.81. The number of hydrogen-bond acceptors (Lipinski definition) is 4. The quantitative estimate of drug-likeness (QED) is 0.723. The second kappa shape index (κ2) is 9.15. The van der Waals surface area contributed by atoms with Crippen LogP contribution in [0.25, 0.3) is 0 Å². The summed E-state index contributed by atoms with van der Waals surface area (Å²) < 4.78 is 4.83. The smallest absolute Gasteiger partial charge is 0.246 e. The third-order valence-corrected chi connectivity index (χ3v) is 2.53. The summed E-state index contributed by atoms with van der Waals surface area (Å²) in [7, 11) is 3.56. The molecule has 0 aromatic rings. The number of carbonyl (C=O) groups is 1. The molecule has 1 aliphatic rings. The Morgan fingerprint density at radius 2 is 2.12 bits per heavy atom. The monoisotopic (exact) mass is 243 g/mol. The van der Waals surface area contributed by atoms with E-state index < -0.39 is 0 Å². The van der Waals surface area contributed by atoms with E-state index in [2.05, 4.69) is 0 Å². The molecule has 0 aromatic heterocycles. The Bertz CT molecular complexity index is 244. The van der Waals surface area contributed by atoms with Crippen molar-refractivity contribution in [2.24, 2.45) is 5.73 Å². The van der Waals surface area contributed by atoms with Crippen molar-refractivity contribution in [2.45, 2.75) is 20.0 Å². The summed E-state index contributed by atoms with van der Waals surface area (Å²) in [5.41, 5.74) is 5.84. The van der Waals surface area contributed by atoms with Gasteiger partial charge in [-0.05, 0) is 7.05 Å². The van der Waals surface area contributed by atoms with Gasteiger partial charge in [-0.25, -0.2) is 0 Å². The van der Waals surface area contributed by atoms with E-state index in [-0.39, 0.29) is 12.1 Å². The van der Waals surface area contributed by atoms with Gasteiger partial charge in [-0.1, -0.05) is 19.9 Å². The normalized spacial score (nSPS) is 21.2. The molecule has 0 spiro atoms. The average molecular weight is 243 g/mol. The predicted molar refractivity (Wildman–Crippen MR) is 69.5 cm³/mol. The number of nitrogens with two attached hydrogens (primary N) is 1. The lowest BCUT2D eigenvalue weighted by molar-refractivity contribution is -0.128. The van der Waals surface area contributed by atoms with E-state index in [9.17, 15) is 4.79 Å². The lowest BCUT2D eigenvalue weighted by atomic mass is 10.2. The van der Waals surface area contributed by atoms with Crippen LogP contribution >= 0.6 is 0 Å². The molecule has 0 radical (unpaired) electrons. The van der Waals surface area contributed by atoms with E-state index in [1.165, 1.54) is 0 Å². The van der Waals surface area contributed by atoms with Crippen LogP contribution < -0.4 is 5.73 Å². The fraction of sp³-hybridized carbons (Fsp3) is 0.750. The Labute approximate surface area is 104 Å². The fourth-order valence-electron chi connectivity index (χ4n) is 1.45. The largest absolute Gasteiger partial charge is 0.381 e. The maximum Gasteiger partial charge on any atom is 0.246 e. The second-order valence-electron chi connectivity index (χ2n) is 3.69. The van der Waals surface area contributed by atoms with E-state index >= 15 is 0 Å². The van der Waals surface area contributed by atoms with Gasteiger partial charge in [-0.15, -0.1) is 0 Å². The van der Waals surface area contributed by atoms with Crippen LogP contribution in [0.5, 0.6) is 0 Å². The van der Waals surface area contributed by atoms with Crippen molar-refractivity contribution in [3.63, 3.8) is 0 Å². The van der Waals surface area contributed by atoms with Gasteiger partial charge < -0.3 is 15.4 Å². The Hall–Kier alpha value is -0.910. The minimum Gasteiger partial charge on any atom is -0.381 e. The molecule has 1 saturated heterocycles. The Balaban J connectivity index is 0.00000121. The SMILES string of the molecule is CC.COC/C=C/C(=O)N1CCN(C)C(N)C1. The zero-order valence-corrected chi connectivity index (χ0v) is 11.3. The van der Waals surface area contributed by atoms with Gasteiger partial charge in [0.05, 0.1) is 12.8 Å². The molecule has 1 amide bonds. The third-order valence-electron chi connectivity index (χ3n) is 2.53. The number of methoxy groups -OCH3 is 1. The molecule has 0 aromatic carbocycles. The van der Waals surface area contributed by atoms with Crippen LogP contribution in [-0.4, -0.2) is 62.3 Å². The number of hydrogen-bond donors (Lipinski definition) is 1. The van der Waals surface area contributed by atoms with Gasteiger partial charge in [0, 0.05) is 32.8 Å². The number of ether oxygens (including phenoxy) is 1. The van der Waals surface area contributed by atoms with E-state index in [4.69, 9.17) is 10.5 Å². The van der Waals surface area contributed by atoms with E-state index in [1.807, 2.05) is 25.8 Å². The highest BCUT2D eigenvalue weighted by atomic mass is 16.5. The van der Waals surface area contributed by atoms with E-state index in [1.54, 1.807) is 24.2 Å². The molecule has 1 fully saturated rings. The molecule has 0 saturated carbocycles. The molecule has 1 rings (SSSR count). The Morgan fingerprint density at radius 3 is 2.65 bits per heavy atom. The molecule has 1 heterocycles. The van der Waals surface area contributed by atoms with Crippen molar-refractivity contribution >= 4 is 5.91 Å². The van der Waals surface area contributed by atoms with Gasteiger partial charge in [0.2, 0.25) is 5.91 Å². The lowest BCUT2D eigenvalue weighted by Gasteiger charge is -2.36. The maximum absolute atomic E-state index is 11.6. The predicted octanol–water partition coefficient (Wildman–Crippen LogP) is 0.274. The molecule has 0 aliphatic carbocycles. The van der Waals surface area contributed by atoms with E-state index in [0.717, 1.165) is 13.1 Å². The van der Waals surface area contributed by atoms with Gasteiger partial charge in [0.25, 0.3) is 0 Å². The summed E-state index contributed by atoms with van der Waals surface area (Å²) in [6.07, 6.45) is 3.20. The molecular weight excluding hydrogens is 218 g/mol. The van der Waals surface area contributed by atoms with Crippen LogP contribution in [-0.2, 0) is 9.53 Å². The van der Waals surface area contributed by atoms with Gasteiger partial charge in [-0.3, -0.25) is 9.69 Å². The number of carbonyl (C=O) groups excluding carboxylic acids is 1. The minimum atomic E-state index is -0.0569. The molecular formula is C12H25N3O2. The first kappa shape index (κ1) is 16.1. The van der Waals surface area contributed by atoms with Crippen LogP contribution in [0.2, 0.25) is 0 Å². The summed E-state index contributed by atoms with van der Waals surface area (Å²) in [5.74, 6) is 0.00981. The second-order valence-corrected chi connectivity index (χ2v) is 3.69. The molecule has 2 N–H and O–H groups in total. The zero-order chi connectivity index (χ0) is 13.3. The fourth-order valence-corrected chi connectivity index (χ4v) is 1.45. The van der Waals surface area contributed by atoms with Crippen LogP contribution in [0.15, 0.2) is 12.2 Å². The summed E-state index contributed by atoms with van der Waals surface area (Å²) >= 11 is 0. The summed E-state index contributed by atoms with van der Waals surface area (Å²) in [6.45, 7) is 6.61. The van der Waals surface area contributed by atoms with Crippen molar-refractivity contribution in [3.8, 4) is 0 Å². The van der Waals surface area contributed by atoms with Crippen molar-refractivity contribution in [3.05, 3.63) is 12.2 Å². The molecule has 0 bridgehead atoms. The molecule has 1 atom stereocenters. The first-order chi connectivity index (χ1) is 8.15. The highest BCUT2D eigenvalue weighted by Crippen LogP contribution is 2.03. The first-order valence-electron chi connectivity index (χ1n) is 6.05. The van der Waals surface area contributed by atoms with Crippen LogP contribution in [0, 0.1) is 0 Å². The number of piperazine rings is 1. The first-order valence-corrected chi connectivity index (χ1v) is 6.05. The van der Waals surface area contributed by atoms with Crippen molar-refractivity contribution in [2.75, 3.05) is 40.4 Å². The number of likely N-dealkylation sites (N-methyl/N-ethyl adjacent to an activating group) is 1. The molecule has 5 heteroatoms.